The second-order valence-corrected chi connectivity index (χ2v) is 5.38. The lowest BCUT2D eigenvalue weighted by atomic mass is 9.64. The summed E-state index contributed by atoms with van der Waals surface area (Å²) in [5, 5.41) is 0. The molecule has 0 aromatic carbocycles. The maximum atomic E-state index is 5.53. The Morgan fingerprint density at radius 2 is 2.40 bits per heavy atom. The van der Waals surface area contributed by atoms with E-state index in [-0.39, 0.29) is 0 Å². The summed E-state index contributed by atoms with van der Waals surface area (Å²) >= 11 is 0. The monoisotopic (exact) mass is 209 g/mol. The molecule has 1 aliphatic carbocycles. The molecule has 1 saturated heterocycles. The summed E-state index contributed by atoms with van der Waals surface area (Å²) in [7, 11) is 2.24. The van der Waals surface area contributed by atoms with Gasteiger partial charge < -0.3 is 9.64 Å². The van der Waals surface area contributed by atoms with Gasteiger partial charge in [0.2, 0.25) is 0 Å². The van der Waals surface area contributed by atoms with Crippen LogP contribution in [0, 0.1) is 11.3 Å². The minimum Gasteiger partial charge on any atom is -0.502 e. The molecule has 0 amide bonds. The average Bonchev–Trinajstić information content (AvgIpc) is 2.14. The maximum Gasteiger partial charge on any atom is 0.0845 e. The first kappa shape index (κ1) is 11.0. The van der Waals surface area contributed by atoms with Crippen molar-refractivity contribution < 1.29 is 4.74 Å². The van der Waals surface area contributed by atoms with Crippen molar-refractivity contribution in [2.75, 3.05) is 26.7 Å². The van der Waals surface area contributed by atoms with Crippen LogP contribution in [0.3, 0.4) is 0 Å². The number of hydrogen-bond acceptors (Lipinski definition) is 2. The molecule has 0 N–H and O–H groups in total. The highest BCUT2D eigenvalue weighted by atomic mass is 16.5. The number of ether oxygens (including phenoxy) is 1. The molecular formula is C13H23NO. The molecule has 2 fully saturated rings. The third-order valence-corrected chi connectivity index (χ3v) is 3.95. The van der Waals surface area contributed by atoms with Crippen LogP contribution in [0.5, 0.6) is 0 Å². The predicted octanol–water partition coefficient (Wildman–Crippen LogP) is 2.66. The van der Waals surface area contributed by atoms with Gasteiger partial charge in [-0.15, -0.1) is 0 Å². The first-order valence-corrected chi connectivity index (χ1v) is 6.16. The van der Waals surface area contributed by atoms with Crippen molar-refractivity contribution in [1.82, 2.24) is 4.90 Å². The van der Waals surface area contributed by atoms with E-state index in [9.17, 15) is 0 Å². The Bertz CT molecular complexity index is 261. The van der Waals surface area contributed by atoms with Crippen molar-refractivity contribution in [3.63, 3.8) is 0 Å². The SMILES string of the molecule is CCO/C=C1\C2CCCC1(C)CN(C)C2. The van der Waals surface area contributed by atoms with Crippen LogP contribution in [-0.2, 0) is 4.74 Å². The third-order valence-electron chi connectivity index (χ3n) is 3.95. The van der Waals surface area contributed by atoms with Crippen molar-refractivity contribution >= 4 is 0 Å². The van der Waals surface area contributed by atoms with Gasteiger partial charge >= 0.3 is 0 Å². The molecule has 2 heteroatoms. The molecule has 2 aliphatic rings. The lowest BCUT2D eigenvalue weighted by molar-refractivity contribution is 0.0918. The van der Waals surface area contributed by atoms with E-state index in [1.54, 1.807) is 5.57 Å². The Labute approximate surface area is 93.3 Å². The fraction of sp³-hybridized carbons (Fsp3) is 0.846. The summed E-state index contributed by atoms with van der Waals surface area (Å²) in [5.41, 5.74) is 1.96. The molecule has 1 saturated carbocycles. The highest BCUT2D eigenvalue weighted by Crippen LogP contribution is 2.47. The van der Waals surface area contributed by atoms with E-state index in [1.807, 2.05) is 0 Å². The van der Waals surface area contributed by atoms with E-state index in [2.05, 4.69) is 32.1 Å². The highest BCUT2D eigenvalue weighted by molar-refractivity contribution is 5.21. The van der Waals surface area contributed by atoms with Crippen LogP contribution in [0.1, 0.15) is 33.1 Å². The third kappa shape index (κ3) is 2.05. The molecule has 0 radical (unpaired) electrons. The number of piperidine rings is 1. The van der Waals surface area contributed by atoms with E-state index < -0.39 is 0 Å². The Morgan fingerprint density at radius 1 is 1.60 bits per heavy atom. The van der Waals surface area contributed by atoms with Gasteiger partial charge in [0.25, 0.3) is 0 Å². The van der Waals surface area contributed by atoms with Crippen molar-refractivity contribution in [1.29, 1.82) is 0 Å². The van der Waals surface area contributed by atoms with Gasteiger partial charge in [-0.2, -0.15) is 0 Å². The second kappa shape index (κ2) is 4.17. The van der Waals surface area contributed by atoms with E-state index in [4.69, 9.17) is 4.74 Å². The second-order valence-electron chi connectivity index (χ2n) is 5.38. The summed E-state index contributed by atoms with van der Waals surface area (Å²) in [6, 6.07) is 0. The number of rotatable bonds is 2. The molecule has 0 aromatic heterocycles. The Kier molecular flexibility index (Phi) is 3.06. The fourth-order valence-corrected chi connectivity index (χ4v) is 3.34. The van der Waals surface area contributed by atoms with Crippen LogP contribution in [0.25, 0.3) is 0 Å². The number of likely N-dealkylation sites (tertiary alicyclic amines) is 1. The van der Waals surface area contributed by atoms with Crippen LogP contribution in [0.4, 0.5) is 0 Å². The predicted molar refractivity (Wildman–Crippen MR) is 62.7 cm³/mol. The maximum absolute atomic E-state index is 5.53. The molecule has 2 atom stereocenters. The van der Waals surface area contributed by atoms with Crippen LogP contribution in [0.2, 0.25) is 0 Å². The van der Waals surface area contributed by atoms with E-state index in [0.717, 1.165) is 12.5 Å². The topological polar surface area (TPSA) is 12.5 Å². The quantitative estimate of drug-likeness (QED) is 0.648. The van der Waals surface area contributed by atoms with Gasteiger partial charge in [0.05, 0.1) is 12.9 Å². The summed E-state index contributed by atoms with van der Waals surface area (Å²) in [4.78, 5) is 2.48. The van der Waals surface area contributed by atoms with Gasteiger partial charge in [-0.05, 0) is 38.3 Å². The molecular weight excluding hydrogens is 186 g/mol. The zero-order chi connectivity index (χ0) is 10.9. The smallest absolute Gasteiger partial charge is 0.0845 e. The number of nitrogens with zero attached hydrogens (tertiary/aromatic N) is 1. The first-order chi connectivity index (χ1) is 7.15. The van der Waals surface area contributed by atoms with Crippen LogP contribution >= 0.6 is 0 Å². The summed E-state index contributed by atoms with van der Waals surface area (Å²) < 4.78 is 5.53. The normalized spacial score (nSPS) is 39.4. The first-order valence-electron chi connectivity index (χ1n) is 6.16. The molecule has 1 aliphatic heterocycles. The minimum atomic E-state index is 0.380. The molecule has 2 bridgehead atoms. The van der Waals surface area contributed by atoms with Gasteiger partial charge in [0, 0.05) is 18.5 Å². The van der Waals surface area contributed by atoms with Gasteiger partial charge in [-0.1, -0.05) is 13.3 Å². The lowest BCUT2D eigenvalue weighted by Crippen LogP contribution is -2.48. The van der Waals surface area contributed by atoms with Crippen LogP contribution < -0.4 is 0 Å². The van der Waals surface area contributed by atoms with Crippen LogP contribution in [-0.4, -0.2) is 31.6 Å². The van der Waals surface area contributed by atoms with Crippen LogP contribution in [0.15, 0.2) is 11.8 Å². The molecule has 0 spiro atoms. The fourth-order valence-electron chi connectivity index (χ4n) is 3.34. The number of hydrogen-bond donors (Lipinski definition) is 0. The van der Waals surface area contributed by atoms with Crippen molar-refractivity contribution in [3.05, 3.63) is 11.8 Å². The van der Waals surface area contributed by atoms with E-state index >= 15 is 0 Å². The average molecular weight is 209 g/mol. The Balaban J connectivity index is 2.21. The number of fused-ring (bicyclic) bond motifs is 2. The standard InChI is InChI=1S/C13H23NO/c1-4-15-9-12-11-6-5-7-13(12,2)10-14(3)8-11/h9,11H,4-8,10H2,1-3H3/b12-9+. The Hall–Kier alpha value is -0.500. The zero-order valence-electron chi connectivity index (χ0n) is 10.3. The highest BCUT2D eigenvalue weighted by Gasteiger charge is 2.42. The Morgan fingerprint density at radius 3 is 3.07 bits per heavy atom. The molecule has 15 heavy (non-hydrogen) atoms. The molecule has 2 rings (SSSR count). The molecule has 86 valence electrons. The van der Waals surface area contributed by atoms with Gasteiger partial charge in [-0.3, -0.25) is 0 Å². The van der Waals surface area contributed by atoms with Gasteiger partial charge in [-0.25, -0.2) is 0 Å². The molecule has 0 aromatic rings. The summed E-state index contributed by atoms with van der Waals surface area (Å²) in [5.74, 6) is 0.744. The van der Waals surface area contributed by atoms with Crippen molar-refractivity contribution in [2.24, 2.45) is 11.3 Å². The van der Waals surface area contributed by atoms with E-state index in [0.29, 0.717) is 5.41 Å². The molecule has 1 heterocycles. The summed E-state index contributed by atoms with van der Waals surface area (Å²) in [6.45, 7) is 7.67. The molecule has 2 unspecified atom stereocenters. The largest absolute Gasteiger partial charge is 0.502 e. The van der Waals surface area contributed by atoms with Gasteiger partial charge in [0.15, 0.2) is 0 Å². The van der Waals surface area contributed by atoms with Gasteiger partial charge in [0.1, 0.15) is 0 Å². The van der Waals surface area contributed by atoms with Crippen molar-refractivity contribution in [3.8, 4) is 0 Å². The molecule has 2 nitrogen and oxygen atoms in total. The zero-order valence-corrected chi connectivity index (χ0v) is 10.3. The minimum absolute atomic E-state index is 0.380. The van der Waals surface area contributed by atoms with Crippen molar-refractivity contribution in [2.45, 2.75) is 33.1 Å². The summed E-state index contributed by atoms with van der Waals surface area (Å²) in [6.07, 6.45) is 6.13. The van der Waals surface area contributed by atoms with E-state index in [1.165, 1.54) is 32.4 Å². The lowest BCUT2D eigenvalue weighted by Gasteiger charge is -2.49.